The Labute approximate surface area is 206 Å². The van der Waals surface area contributed by atoms with E-state index < -0.39 is 42.4 Å². The van der Waals surface area contributed by atoms with E-state index in [9.17, 15) is 29.1 Å². The maximum absolute atomic E-state index is 12.1. The van der Waals surface area contributed by atoms with E-state index in [4.69, 9.17) is 20.1 Å². The van der Waals surface area contributed by atoms with Crippen molar-refractivity contribution < 1.29 is 49.1 Å². The summed E-state index contributed by atoms with van der Waals surface area (Å²) in [7, 11) is 0. The first-order valence-corrected chi connectivity index (χ1v) is 10.7. The lowest BCUT2D eigenvalue weighted by molar-refractivity contribution is -0.140. The van der Waals surface area contributed by atoms with E-state index in [0.717, 1.165) is 0 Å². The fraction of sp³-hybridized carbons (Fsp3) is 0.348. The van der Waals surface area contributed by atoms with Crippen molar-refractivity contribution in [3.05, 3.63) is 54.0 Å². The number of ether oxygens (including phenoxy) is 1. The van der Waals surface area contributed by atoms with Gasteiger partial charge >= 0.3 is 23.9 Å². The zero-order chi connectivity index (χ0) is 27.1. The van der Waals surface area contributed by atoms with Crippen LogP contribution in [0.3, 0.4) is 0 Å². The second kappa shape index (κ2) is 15.5. The number of carboxylic acids is 3. The van der Waals surface area contributed by atoms with Crippen molar-refractivity contribution in [3.63, 3.8) is 0 Å². The van der Waals surface area contributed by atoms with Crippen molar-refractivity contribution in [1.29, 1.82) is 0 Å². The van der Waals surface area contributed by atoms with Crippen molar-refractivity contribution in [2.75, 3.05) is 11.9 Å². The highest BCUT2D eigenvalue weighted by Crippen LogP contribution is 2.13. The van der Waals surface area contributed by atoms with Crippen molar-refractivity contribution in [3.8, 4) is 0 Å². The van der Waals surface area contributed by atoms with Crippen molar-refractivity contribution >= 4 is 35.5 Å². The molecule has 1 rings (SSSR count). The lowest BCUT2D eigenvalue weighted by Gasteiger charge is -2.18. The van der Waals surface area contributed by atoms with Gasteiger partial charge in [0.15, 0.2) is 0 Å². The first-order chi connectivity index (χ1) is 17.0. The van der Waals surface area contributed by atoms with Gasteiger partial charge in [0, 0.05) is 18.5 Å². The van der Waals surface area contributed by atoms with Crippen LogP contribution in [0.15, 0.2) is 48.4 Å². The number of hydrogen-bond donors (Lipinski definition) is 7. The molecule has 7 N–H and O–H groups in total. The van der Waals surface area contributed by atoms with Crippen LogP contribution in [-0.4, -0.2) is 69.0 Å². The predicted molar refractivity (Wildman–Crippen MR) is 126 cm³/mol. The average Bonchev–Trinajstić information content (AvgIpc) is 2.79. The molecule has 196 valence electrons. The molecule has 13 heteroatoms. The molecule has 13 nitrogen and oxygen atoms in total. The van der Waals surface area contributed by atoms with Gasteiger partial charge in [-0.1, -0.05) is 12.1 Å². The van der Waals surface area contributed by atoms with Crippen LogP contribution in [0, 0.1) is 0 Å². The van der Waals surface area contributed by atoms with Gasteiger partial charge in [-0.05, 0) is 42.7 Å². The Kier molecular flexibility index (Phi) is 12.8. The van der Waals surface area contributed by atoms with Gasteiger partial charge in [-0.3, -0.25) is 9.59 Å². The number of aliphatic carboxylic acids is 3. The molecule has 0 fully saturated rings. The summed E-state index contributed by atoms with van der Waals surface area (Å²) in [6.45, 7) is 1.52. The Morgan fingerprint density at radius 1 is 0.972 bits per heavy atom. The monoisotopic (exact) mass is 507 g/mol. The smallest absolute Gasteiger partial charge is 0.326 e. The number of urea groups is 1. The normalized spacial score (nSPS) is 12.9. The van der Waals surface area contributed by atoms with Gasteiger partial charge in [0.1, 0.15) is 12.1 Å². The standard InChI is InChI=1S/C23H29N3O10/c1-14(13-36-10-2-9-27)11-19(28)24-16-5-3-15(4-6-16)12-18(22(33)34)26-23(35)25-17(21(31)32)7-8-20(29)30/h2-6,10,13,17-18,27H,7-9,11-12H2,1H3,(H,24,28)(H,29,30)(H,31,32)(H,33,34)(H2,25,26,35)/b10-2?,14-13+. The van der Waals surface area contributed by atoms with E-state index in [2.05, 4.69) is 16.0 Å². The first kappa shape index (κ1) is 29.6. The number of amides is 3. The first-order valence-electron chi connectivity index (χ1n) is 10.7. The minimum atomic E-state index is -1.50. The van der Waals surface area contributed by atoms with Crippen LogP contribution in [0.25, 0.3) is 0 Å². The maximum Gasteiger partial charge on any atom is 0.326 e. The highest BCUT2D eigenvalue weighted by atomic mass is 16.5. The number of nitrogens with one attached hydrogen (secondary N) is 3. The number of anilines is 1. The fourth-order valence-electron chi connectivity index (χ4n) is 2.80. The van der Waals surface area contributed by atoms with Gasteiger partial charge < -0.3 is 41.1 Å². The molecule has 0 saturated carbocycles. The molecule has 0 bridgehead atoms. The summed E-state index contributed by atoms with van der Waals surface area (Å²) < 4.78 is 5.02. The molecule has 0 aliphatic rings. The predicted octanol–water partition coefficient (Wildman–Crippen LogP) is 1.05. The number of hydrogen-bond acceptors (Lipinski definition) is 7. The molecule has 3 amide bonds. The second-order valence-electron chi connectivity index (χ2n) is 7.61. The van der Waals surface area contributed by atoms with Gasteiger partial charge in [-0.15, -0.1) is 0 Å². The molecule has 0 spiro atoms. The SMILES string of the molecule is C/C(=C\OC=CCO)CC(=O)Nc1ccc(CC(NC(=O)NC(CCC(=O)O)C(=O)O)C(=O)O)cc1. The number of carbonyl (C=O) groups is 5. The Morgan fingerprint density at radius 3 is 2.14 bits per heavy atom. The van der Waals surface area contributed by atoms with Crippen LogP contribution in [0.5, 0.6) is 0 Å². The van der Waals surface area contributed by atoms with Gasteiger partial charge in [-0.2, -0.15) is 0 Å². The molecule has 0 heterocycles. The van der Waals surface area contributed by atoms with E-state index in [1.54, 1.807) is 31.2 Å². The van der Waals surface area contributed by atoms with Crippen LogP contribution in [0.1, 0.15) is 31.7 Å². The molecule has 0 aliphatic carbocycles. The summed E-state index contributed by atoms with van der Waals surface area (Å²) in [5.74, 6) is -4.37. The largest absolute Gasteiger partial charge is 0.481 e. The molecule has 1 aromatic rings. The molecule has 0 radical (unpaired) electrons. The van der Waals surface area contributed by atoms with E-state index in [-0.39, 0.29) is 31.8 Å². The van der Waals surface area contributed by atoms with Gasteiger partial charge in [0.25, 0.3) is 0 Å². The van der Waals surface area contributed by atoms with Crippen molar-refractivity contribution in [2.45, 2.75) is 44.7 Å². The minimum absolute atomic E-state index is 0.0542. The van der Waals surface area contributed by atoms with E-state index in [1.807, 2.05) is 0 Å². The fourth-order valence-corrected chi connectivity index (χ4v) is 2.80. The molecule has 1 aromatic carbocycles. The topological polar surface area (TPSA) is 212 Å². The molecular weight excluding hydrogens is 478 g/mol. The summed E-state index contributed by atoms with van der Waals surface area (Å²) in [5.41, 5.74) is 1.60. The Morgan fingerprint density at radius 2 is 1.58 bits per heavy atom. The summed E-state index contributed by atoms with van der Waals surface area (Å²) in [6.07, 6.45) is 3.10. The lowest BCUT2D eigenvalue weighted by Crippen LogP contribution is -2.51. The Hall–Kier alpha value is -4.39. The van der Waals surface area contributed by atoms with E-state index in [1.165, 1.54) is 18.6 Å². The molecular formula is C23H29N3O10. The van der Waals surface area contributed by atoms with Gasteiger partial charge in [-0.25, -0.2) is 14.4 Å². The van der Waals surface area contributed by atoms with Crippen LogP contribution in [0.2, 0.25) is 0 Å². The Bertz CT molecular complexity index is 988. The molecule has 2 atom stereocenters. The molecule has 2 unspecified atom stereocenters. The average molecular weight is 507 g/mol. The summed E-state index contributed by atoms with van der Waals surface area (Å²) >= 11 is 0. The number of carboxylic acid groups (broad SMARTS) is 3. The zero-order valence-corrected chi connectivity index (χ0v) is 19.5. The number of aliphatic hydroxyl groups is 1. The second-order valence-corrected chi connectivity index (χ2v) is 7.61. The third kappa shape index (κ3) is 12.2. The molecule has 0 saturated heterocycles. The van der Waals surface area contributed by atoms with Crippen LogP contribution in [0.4, 0.5) is 10.5 Å². The van der Waals surface area contributed by atoms with E-state index in [0.29, 0.717) is 16.8 Å². The zero-order valence-electron chi connectivity index (χ0n) is 19.5. The highest BCUT2D eigenvalue weighted by molar-refractivity contribution is 5.92. The highest BCUT2D eigenvalue weighted by Gasteiger charge is 2.25. The van der Waals surface area contributed by atoms with Crippen molar-refractivity contribution in [2.24, 2.45) is 0 Å². The number of carbonyl (C=O) groups excluding carboxylic acids is 2. The summed E-state index contributed by atoms with van der Waals surface area (Å²) in [6, 6.07) is 2.26. The number of benzene rings is 1. The van der Waals surface area contributed by atoms with Crippen LogP contribution < -0.4 is 16.0 Å². The quantitative estimate of drug-likeness (QED) is 0.168. The molecule has 0 aliphatic heterocycles. The van der Waals surface area contributed by atoms with Crippen LogP contribution in [-0.2, 0) is 30.3 Å². The third-order valence-electron chi connectivity index (χ3n) is 4.52. The van der Waals surface area contributed by atoms with Gasteiger partial charge in [0.05, 0.1) is 25.6 Å². The summed E-state index contributed by atoms with van der Waals surface area (Å²) in [5, 5.41) is 42.7. The maximum atomic E-state index is 12.1. The number of rotatable bonds is 15. The van der Waals surface area contributed by atoms with Crippen LogP contribution >= 0.6 is 0 Å². The van der Waals surface area contributed by atoms with Crippen molar-refractivity contribution in [1.82, 2.24) is 10.6 Å². The summed E-state index contributed by atoms with van der Waals surface area (Å²) in [4.78, 5) is 57.6. The molecule has 36 heavy (non-hydrogen) atoms. The third-order valence-corrected chi connectivity index (χ3v) is 4.52. The van der Waals surface area contributed by atoms with E-state index >= 15 is 0 Å². The Balaban J connectivity index is 2.67. The lowest BCUT2D eigenvalue weighted by atomic mass is 10.1. The minimum Gasteiger partial charge on any atom is -0.481 e. The van der Waals surface area contributed by atoms with Gasteiger partial charge in [0.2, 0.25) is 5.91 Å². The molecule has 0 aromatic heterocycles. The number of aliphatic hydroxyl groups excluding tert-OH is 1.